The molecule has 130 valence electrons. The predicted octanol–water partition coefficient (Wildman–Crippen LogP) is 5.72. The third-order valence-electron chi connectivity index (χ3n) is 4.12. The first-order chi connectivity index (χ1) is 12.6. The van der Waals surface area contributed by atoms with Gasteiger partial charge in [-0.15, -0.1) is 0 Å². The van der Waals surface area contributed by atoms with Gasteiger partial charge in [-0.05, 0) is 60.9 Å². The van der Waals surface area contributed by atoms with Crippen LogP contribution in [0.25, 0.3) is 6.08 Å². The zero-order chi connectivity index (χ0) is 18.1. The topological polar surface area (TPSA) is 49.8 Å². The third kappa shape index (κ3) is 3.53. The zero-order valence-corrected chi connectivity index (χ0v) is 14.8. The molecule has 6 heteroatoms. The molecule has 2 N–H and O–H groups in total. The lowest BCUT2D eigenvalue weighted by atomic mass is 10.1. The molecule has 3 aromatic rings. The second-order valence-corrected chi connectivity index (χ2v) is 6.63. The Morgan fingerprint density at radius 2 is 1.96 bits per heavy atom. The van der Waals surface area contributed by atoms with E-state index in [1.165, 1.54) is 28.8 Å². The van der Waals surface area contributed by atoms with Gasteiger partial charge in [0.25, 0.3) is 0 Å². The predicted molar refractivity (Wildman–Crippen MR) is 104 cm³/mol. The van der Waals surface area contributed by atoms with Crippen LogP contribution in [0, 0.1) is 5.82 Å². The molecule has 0 atom stereocenters. The van der Waals surface area contributed by atoms with Gasteiger partial charge in [-0.25, -0.2) is 9.37 Å². The highest BCUT2D eigenvalue weighted by Crippen LogP contribution is 2.29. The van der Waals surface area contributed by atoms with E-state index in [2.05, 4.69) is 45.7 Å². The Morgan fingerprint density at radius 1 is 1.08 bits per heavy atom. The molecule has 1 heterocycles. The van der Waals surface area contributed by atoms with Gasteiger partial charge >= 0.3 is 0 Å². The van der Waals surface area contributed by atoms with Crippen molar-refractivity contribution in [2.45, 2.75) is 13.3 Å². The molecule has 0 spiro atoms. The Morgan fingerprint density at radius 3 is 2.81 bits per heavy atom. The van der Waals surface area contributed by atoms with Gasteiger partial charge in [-0.2, -0.15) is 4.98 Å². The molecular weight excluding hydrogens is 351 g/mol. The Labute approximate surface area is 155 Å². The molecule has 1 aliphatic carbocycles. The van der Waals surface area contributed by atoms with E-state index in [4.69, 9.17) is 11.6 Å². The van der Waals surface area contributed by atoms with E-state index in [-0.39, 0.29) is 5.02 Å². The Bertz CT molecular complexity index is 1020. The fraction of sp³-hybridized carbons (Fsp3) is 0.100. The normalized spacial score (nSPS) is 12.5. The van der Waals surface area contributed by atoms with Crippen LogP contribution in [0.4, 0.5) is 27.5 Å². The van der Waals surface area contributed by atoms with E-state index >= 15 is 0 Å². The molecule has 26 heavy (non-hydrogen) atoms. The fourth-order valence-electron chi connectivity index (χ4n) is 2.93. The number of hydrogen-bond acceptors (Lipinski definition) is 4. The lowest BCUT2D eigenvalue weighted by molar-refractivity contribution is 0.628. The van der Waals surface area contributed by atoms with Gasteiger partial charge in [0.2, 0.25) is 5.95 Å². The van der Waals surface area contributed by atoms with E-state index in [1.807, 2.05) is 6.07 Å². The molecule has 0 aliphatic heterocycles. The number of hydrogen-bond donors (Lipinski definition) is 2. The van der Waals surface area contributed by atoms with Crippen molar-refractivity contribution in [3.8, 4) is 0 Å². The number of rotatable bonds is 4. The molecule has 0 radical (unpaired) electrons. The maximum absolute atomic E-state index is 13.2. The third-order valence-corrected chi connectivity index (χ3v) is 4.44. The molecule has 0 fully saturated rings. The van der Waals surface area contributed by atoms with Gasteiger partial charge in [-0.1, -0.05) is 29.3 Å². The van der Waals surface area contributed by atoms with Gasteiger partial charge in [-0.3, -0.25) is 0 Å². The maximum Gasteiger partial charge on any atom is 0.229 e. The molecule has 0 unspecified atom stereocenters. The van der Waals surface area contributed by atoms with Crippen LogP contribution in [0.1, 0.15) is 18.1 Å². The number of aromatic nitrogens is 2. The first kappa shape index (κ1) is 16.5. The Balaban J connectivity index is 1.54. The number of halogens is 2. The average molecular weight is 367 g/mol. The van der Waals surface area contributed by atoms with Crippen LogP contribution >= 0.6 is 11.6 Å². The van der Waals surface area contributed by atoms with Gasteiger partial charge in [0.1, 0.15) is 11.6 Å². The van der Waals surface area contributed by atoms with Crippen molar-refractivity contribution >= 4 is 40.8 Å². The molecular formula is C20H16ClFN4. The van der Waals surface area contributed by atoms with Gasteiger partial charge in [0.15, 0.2) is 0 Å². The number of anilines is 4. The van der Waals surface area contributed by atoms with Crippen molar-refractivity contribution in [2.75, 3.05) is 10.6 Å². The van der Waals surface area contributed by atoms with Crippen LogP contribution in [0.2, 0.25) is 5.02 Å². The Kier molecular flexibility index (Phi) is 4.31. The smallest absolute Gasteiger partial charge is 0.229 e. The summed E-state index contributed by atoms with van der Waals surface area (Å²) in [7, 11) is 0. The molecule has 0 amide bonds. The highest BCUT2D eigenvalue weighted by molar-refractivity contribution is 6.33. The minimum absolute atomic E-state index is 0.271. The second-order valence-electron chi connectivity index (χ2n) is 6.22. The SMILES string of the molecule is CC1=Cc2cc(Nc3ccnc(Nc4ccc(F)cc4Cl)n3)ccc2C1. The van der Waals surface area contributed by atoms with E-state index in [0.29, 0.717) is 17.5 Å². The molecule has 1 aliphatic rings. The van der Waals surface area contributed by atoms with Crippen molar-refractivity contribution in [2.24, 2.45) is 0 Å². The summed E-state index contributed by atoms with van der Waals surface area (Å²) in [6, 6.07) is 12.2. The average Bonchev–Trinajstić information content (AvgIpc) is 2.97. The molecule has 0 bridgehead atoms. The monoisotopic (exact) mass is 366 g/mol. The first-order valence-corrected chi connectivity index (χ1v) is 8.57. The summed E-state index contributed by atoms with van der Waals surface area (Å²) in [5, 5.41) is 6.56. The minimum atomic E-state index is -0.391. The lowest BCUT2D eigenvalue weighted by Gasteiger charge is -2.10. The number of fused-ring (bicyclic) bond motifs is 1. The lowest BCUT2D eigenvalue weighted by Crippen LogP contribution is -2.01. The number of nitrogens with zero attached hydrogens (tertiary/aromatic N) is 2. The largest absolute Gasteiger partial charge is 0.340 e. The van der Waals surface area contributed by atoms with Crippen molar-refractivity contribution in [1.82, 2.24) is 9.97 Å². The van der Waals surface area contributed by atoms with E-state index < -0.39 is 5.82 Å². The minimum Gasteiger partial charge on any atom is -0.340 e. The first-order valence-electron chi connectivity index (χ1n) is 8.19. The quantitative estimate of drug-likeness (QED) is 0.620. The van der Waals surface area contributed by atoms with Crippen molar-refractivity contribution in [3.63, 3.8) is 0 Å². The fourth-order valence-corrected chi connectivity index (χ4v) is 3.15. The highest BCUT2D eigenvalue weighted by atomic mass is 35.5. The zero-order valence-electron chi connectivity index (χ0n) is 14.1. The van der Waals surface area contributed by atoms with Crippen molar-refractivity contribution in [1.29, 1.82) is 0 Å². The molecule has 1 aromatic heterocycles. The van der Waals surface area contributed by atoms with Gasteiger partial charge in [0.05, 0.1) is 10.7 Å². The van der Waals surface area contributed by atoms with Crippen molar-refractivity contribution < 1.29 is 4.39 Å². The van der Waals surface area contributed by atoms with E-state index in [0.717, 1.165) is 12.1 Å². The van der Waals surface area contributed by atoms with Crippen LogP contribution in [-0.2, 0) is 6.42 Å². The summed E-state index contributed by atoms with van der Waals surface area (Å²) in [6.07, 6.45) is 4.85. The number of benzene rings is 2. The molecule has 4 rings (SSSR count). The summed E-state index contributed by atoms with van der Waals surface area (Å²) in [5.41, 5.74) is 5.44. The number of allylic oxidation sites excluding steroid dienone is 1. The van der Waals surface area contributed by atoms with Crippen LogP contribution in [0.3, 0.4) is 0 Å². The summed E-state index contributed by atoms with van der Waals surface area (Å²) in [4.78, 5) is 8.62. The molecule has 2 aromatic carbocycles. The molecule has 4 nitrogen and oxygen atoms in total. The molecule has 0 saturated heterocycles. The standard InChI is InChI=1S/C20H16ClFN4/c1-12-8-13-2-4-16(10-14(13)9-12)24-19-6-7-23-20(26-19)25-18-5-3-15(22)11-17(18)21/h2-7,9-11H,8H2,1H3,(H2,23,24,25,26). The van der Waals surface area contributed by atoms with Gasteiger partial charge in [0, 0.05) is 11.9 Å². The van der Waals surface area contributed by atoms with Gasteiger partial charge < -0.3 is 10.6 Å². The van der Waals surface area contributed by atoms with E-state index in [1.54, 1.807) is 18.3 Å². The Hall–Kier alpha value is -2.92. The summed E-state index contributed by atoms with van der Waals surface area (Å²) in [5.74, 6) is 0.637. The summed E-state index contributed by atoms with van der Waals surface area (Å²) >= 11 is 6.04. The van der Waals surface area contributed by atoms with Crippen LogP contribution < -0.4 is 10.6 Å². The van der Waals surface area contributed by atoms with Crippen LogP contribution in [0.5, 0.6) is 0 Å². The van der Waals surface area contributed by atoms with E-state index in [9.17, 15) is 4.39 Å². The second kappa shape index (κ2) is 6.77. The summed E-state index contributed by atoms with van der Waals surface area (Å²) in [6.45, 7) is 2.13. The molecule has 0 saturated carbocycles. The number of nitrogens with one attached hydrogen (secondary N) is 2. The van der Waals surface area contributed by atoms with Crippen LogP contribution in [-0.4, -0.2) is 9.97 Å². The highest BCUT2D eigenvalue weighted by Gasteiger charge is 2.10. The maximum atomic E-state index is 13.2. The summed E-state index contributed by atoms with van der Waals surface area (Å²) < 4.78 is 13.2. The van der Waals surface area contributed by atoms with Crippen molar-refractivity contribution in [3.05, 3.63) is 76.2 Å². The van der Waals surface area contributed by atoms with Crippen LogP contribution in [0.15, 0.2) is 54.2 Å².